The fraction of sp³-hybridized carbons (Fsp3) is 0.0385. The van der Waals surface area contributed by atoms with Crippen molar-refractivity contribution in [3.05, 3.63) is 106 Å². The predicted molar refractivity (Wildman–Crippen MR) is 129 cm³/mol. The van der Waals surface area contributed by atoms with Gasteiger partial charge in [-0.15, -0.1) is 0 Å². The number of nitrogens with zero attached hydrogens (tertiary/aromatic N) is 2. The van der Waals surface area contributed by atoms with Crippen LogP contribution in [-0.2, 0) is 9.53 Å². The maximum absolute atomic E-state index is 12.5. The van der Waals surface area contributed by atoms with Gasteiger partial charge >= 0.3 is 5.97 Å². The number of carbonyl (C=O) groups is 1. The second kappa shape index (κ2) is 8.61. The van der Waals surface area contributed by atoms with Gasteiger partial charge in [0.05, 0.1) is 5.52 Å². The number of hydrogen-bond acceptors (Lipinski definition) is 5. The molecule has 0 saturated heterocycles. The van der Waals surface area contributed by atoms with Crippen LogP contribution < -0.4 is 0 Å². The normalized spacial score (nSPS) is 14.6. The molecule has 1 aromatic heterocycles. The lowest BCUT2D eigenvalue weighted by Gasteiger charge is -2.08. The molecule has 2 heterocycles. The molecule has 0 atom stereocenters. The molecule has 5 rings (SSSR count). The van der Waals surface area contributed by atoms with E-state index in [9.17, 15) is 4.79 Å². The largest absolute Gasteiger partial charge is 0.402 e. The third-order valence-corrected chi connectivity index (χ3v) is 6.24. The molecule has 4 aromatic rings. The number of aromatic nitrogens is 1. The molecule has 0 fully saturated rings. The zero-order valence-electron chi connectivity index (χ0n) is 17.1. The lowest BCUT2D eigenvalue weighted by molar-refractivity contribution is -0.129. The second-order valence-electron chi connectivity index (χ2n) is 7.33. The molecule has 156 valence electrons. The Labute approximate surface area is 194 Å². The van der Waals surface area contributed by atoms with Crippen molar-refractivity contribution in [3.63, 3.8) is 0 Å². The number of hydrogen-bond donors (Lipinski definition) is 0. The summed E-state index contributed by atoms with van der Waals surface area (Å²) in [6.45, 7) is 2.06. The summed E-state index contributed by atoms with van der Waals surface area (Å²) >= 11 is 7.51. The predicted octanol–water partition coefficient (Wildman–Crippen LogP) is 6.69. The van der Waals surface area contributed by atoms with E-state index in [1.807, 2.05) is 30.3 Å². The number of aryl methyl sites for hydroxylation is 1. The summed E-state index contributed by atoms with van der Waals surface area (Å²) in [5.41, 5.74) is 3.82. The quantitative estimate of drug-likeness (QED) is 0.253. The molecular formula is C26H17ClN2O2S. The third kappa shape index (κ3) is 4.31. The summed E-state index contributed by atoms with van der Waals surface area (Å²) in [4.78, 5) is 22.9. The molecule has 0 radical (unpaired) electrons. The molecule has 1 aliphatic rings. The van der Waals surface area contributed by atoms with E-state index < -0.39 is 5.97 Å². The van der Waals surface area contributed by atoms with Crippen LogP contribution in [0, 0.1) is 6.92 Å². The lowest BCUT2D eigenvalue weighted by Crippen LogP contribution is -2.05. The first-order chi connectivity index (χ1) is 15.5. The number of cyclic esters (lactones) is 1. The number of esters is 1. The van der Waals surface area contributed by atoms with E-state index in [1.165, 1.54) is 5.56 Å². The molecule has 1 aliphatic heterocycles. The Morgan fingerprint density at radius 3 is 2.50 bits per heavy atom. The van der Waals surface area contributed by atoms with Crippen molar-refractivity contribution in [2.75, 3.05) is 0 Å². The number of pyridine rings is 1. The van der Waals surface area contributed by atoms with Crippen LogP contribution in [0.25, 0.3) is 17.0 Å². The van der Waals surface area contributed by atoms with Gasteiger partial charge in [0.25, 0.3) is 0 Å². The van der Waals surface area contributed by atoms with E-state index in [-0.39, 0.29) is 11.6 Å². The molecule has 6 heteroatoms. The fourth-order valence-electron chi connectivity index (χ4n) is 3.29. The van der Waals surface area contributed by atoms with E-state index in [4.69, 9.17) is 21.3 Å². The monoisotopic (exact) mass is 456 g/mol. The number of benzene rings is 3. The maximum Gasteiger partial charge on any atom is 0.363 e. The van der Waals surface area contributed by atoms with Gasteiger partial charge in [-0.2, -0.15) is 0 Å². The van der Waals surface area contributed by atoms with Gasteiger partial charge in [0.1, 0.15) is 5.03 Å². The molecule has 32 heavy (non-hydrogen) atoms. The minimum Gasteiger partial charge on any atom is -0.402 e. The highest BCUT2D eigenvalue weighted by Crippen LogP contribution is 2.33. The summed E-state index contributed by atoms with van der Waals surface area (Å²) in [5.74, 6) is -0.228. The second-order valence-corrected chi connectivity index (χ2v) is 8.83. The number of rotatable bonds is 4. The summed E-state index contributed by atoms with van der Waals surface area (Å²) in [5, 5.41) is 2.39. The SMILES string of the molecule is Cc1ccc(Sc2nc3ccccc3cc2C=C2N=C(c3ccc(Cl)cc3)OC2=O)cc1. The zero-order valence-corrected chi connectivity index (χ0v) is 18.7. The molecule has 0 amide bonds. The van der Waals surface area contributed by atoms with Crippen molar-refractivity contribution in [2.45, 2.75) is 16.8 Å². The van der Waals surface area contributed by atoms with E-state index in [2.05, 4.69) is 36.2 Å². The highest BCUT2D eigenvalue weighted by Gasteiger charge is 2.24. The first-order valence-electron chi connectivity index (χ1n) is 9.98. The van der Waals surface area contributed by atoms with Crippen molar-refractivity contribution in [1.29, 1.82) is 0 Å². The number of ether oxygens (including phenoxy) is 1. The minimum atomic E-state index is -0.491. The van der Waals surface area contributed by atoms with Crippen LogP contribution in [-0.4, -0.2) is 16.9 Å². The van der Waals surface area contributed by atoms with Crippen molar-refractivity contribution in [3.8, 4) is 0 Å². The van der Waals surface area contributed by atoms with E-state index in [0.29, 0.717) is 10.6 Å². The Bertz CT molecular complexity index is 1390. The Morgan fingerprint density at radius 1 is 0.969 bits per heavy atom. The van der Waals surface area contributed by atoms with Crippen molar-refractivity contribution >= 4 is 52.2 Å². The van der Waals surface area contributed by atoms with Gasteiger partial charge in [0, 0.05) is 26.4 Å². The van der Waals surface area contributed by atoms with Crippen molar-refractivity contribution < 1.29 is 9.53 Å². The third-order valence-electron chi connectivity index (χ3n) is 4.96. The Hall–Kier alpha value is -3.41. The lowest BCUT2D eigenvalue weighted by atomic mass is 10.1. The van der Waals surface area contributed by atoms with Crippen LogP contribution in [0.3, 0.4) is 0 Å². The smallest absolute Gasteiger partial charge is 0.363 e. The number of aliphatic imine (C=N–C) groups is 1. The molecular weight excluding hydrogens is 440 g/mol. The Kier molecular flexibility index (Phi) is 5.52. The van der Waals surface area contributed by atoms with Crippen LogP contribution in [0.2, 0.25) is 5.02 Å². The average Bonchev–Trinajstić information content (AvgIpc) is 3.16. The van der Waals surface area contributed by atoms with Gasteiger partial charge in [-0.25, -0.2) is 14.8 Å². The van der Waals surface area contributed by atoms with Gasteiger partial charge in [0.15, 0.2) is 5.70 Å². The Morgan fingerprint density at radius 2 is 1.72 bits per heavy atom. The topological polar surface area (TPSA) is 51.6 Å². The summed E-state index contributed by atoms with van der Waals surface area (Å²) in [6, 6.07) is 25.2. The van der Waals surface area contributed by atoms with Crippen molar-refractivity contribution in [1.82, 2.24) is 4.98 Å². The maximum atomic E-state index is 12.5. The average molecular weight is 457 g/mol. The van der Waals surface area contributed by atoms with E-state index in [1.54, 1.807) is 42.1 Å². The number of para-hydroxylation sites is 1. The van der Waals surface area contributed by atoms with Gasteiger partial charge < -0.3 is 4.74 Å². The van der Waals surface area contributed by atoms with E-state index >= 15 is 0 Å². The highest BCUT2D eigenvalue weighted by atomic mass is 35.5. The molecule has 0 unspecified atom stereocenters. The Balaban J connectivity index is 1.57. The molecule has 3 aromatic carbocycles. The molecule has 0 saturated carbocycles. The first kappa shape index (κ1) is 20.5. The molecule has 0 N–H and O–H groups in total. The number of carbonyl (C=O) groups excluding carboxylic acids is 1. The summed E-state index contributed by atoms with van der Waals surface area (Å²) in [7, 11) is 0. The fourth-order valence-corrected chi connectivity index (χ4v) is 4.29. The van der Waals surface area contributed by atoms with Crippen LogP contribution in [0.15, 0.2) is 99.5 Å². The van der Waals surface area contributed by atoms with Gasteiger partial charge in [-0.1, -0.05) is 59.3 Å². The molecule has 0 aliphatic carbocycles. The van der Waals surface area contributed by atoms with Gasteiger partial charge in [-0.3, -0.25) is 0 Å². The van der Waals surface area contributed by atoms with E-state index in [0.717, 1.165) is 26.4 Å². The van der Waals surface area contributed by atoms with Crippen molar-refractivity contribution in [2.24, 2.45) is 4.99 Å². The van der Waals surface area contributed by atoms with Gasteiger partial charge in [0.2, 0.25) is 5.90 Å². The molecule has 4 nitrogen and oxygen atoms in total. The summed E-state index contributed by atoms with van der Waals surface area (Å²) < 4.78 is 5.40. The zero-order chi connectivity index (χ0) is 22.1. The number of fused-ring (bicyclic) bond motifs is 1. The van der Waals surface area contributed by atoms with Crippen LogP contribution >= 0.6 is 23.4 Å². The van der Waals surface area contributed by atoms with Crippen LogP contribution in [0.5, 0.6) is 0 Å². The van der Waals surface area contributed by atoms with Crippen LogP contribution in [0.1, 0.15) is 16.7 Å². The molecule has 0 spiro atoms. The molecule has 0 bridgehead atoms. The standard InChI is InChI=1S/C26H17ClN2O2S/c1-16-6-12-21(13-7-16)32-25-19(14-18-4-2-3-5-22(18)29-25)15-23-26(30)31-24(28-23)17-8-10-20(27)11-9-17/h2-15H,1H3. The number of halogens is 1. The minimum absolute atomic E-state index is 0.234. The van der Waals surface area contributed by atoms with Gasteiger partial charge in [-0.05, 0) is 61.5 Å². The highest BCUT2D eigenvalue weighted by molar-refractivity contribution is 7.99. The first-order valence-corrected chi connectivity index (χ1v) is 11.2. The summed E-state index contributed by atoms with van der Waals surface area (Å²) in [6.07, 6.45) is 1.74. The van der Waals surface area contributed by atoms with Crippen LogP contribution in [0.4, 0.5) is 0 Å².